The molecule has 0 atom stereocenters. The third-order valence-corrected chi connectivity index (χ3v) is 5.57. The van der Waals surface area contributed by atoms with Crippen molar-refractivity contribution in [3.63, 3.8) is 0 Å². The standard InChI is InChI=1S/C24H22N4OS/c1-4-11-26-24-28(27-17(2)21-6-5-12-25-15-21)23(16-30-24)20-8-7-19-14-22(29-3)10-9-18(19)13-20/h4-10,12-16H,1,11H2,2-3H3. The first-order chi connectivity index (χ1) is 14.7. The third kappa shape index (κ3) is 4.09. The average molecular weight is 415 g/mol. The molecule has 0 unspecified atom stereocenters. The van der Waals surface area contributed by atoms with E-state index in [1.807, 2.05) is 42.1 Å². The van der Waals surface area contributed by atoms with Gasteiger partial charge in [0.05, 0.1) is 25.1 Å². The highest BCUT2D eigenvalue weighted by Gasteiger charge is 2.10. The average Bonchev–Trinajstić information content (AvgIpc) is 3.19. The van der Waals surface area contributed by atoms with Crippen LogP contribution in [0.15, 0.2) is 89.1 Å². The summed E-state index contributed by atoms with van der Waals surface area (Å²) in [6.07, 6.45) is 5.36. The fourth-order valence-electron chi connectivity index (χ4n) is 3.14. The van der Waals surface area contributed by atoms with E-state index in [0.29, 0.717) is 6.54 Å². The van der Waals surface area contributed by atoms with Crippen molar-refractivity contribution >= 4 is 27.8 Å². The van der Waals surface area contributed by atoms with Gasteiger partial charge in [0.25, 0.3) is 0 Å². The Labute approximate surface area is 179 Å². The summed E-state index contributed by atoms with van der Waals surface area (Å²) in [5, 5.41) is 9.24. The number of pyridine rings is 1. The monoisotopic (exact) mass is 414 g/mol. The molecule has 30 heavy (non-hydrogen) atoms. The zero-order valence-electron chi connectivity index (χ0n) is 16.9. The van der Waals surface area contributed by atoms with E-state index in [-0.39, 0.29) is 0 Å². The van der Waals surface area contributed by atoms with Gasteiger partial charge in [0.1, 0.15) is 5.75 Å². The molecule has 6 heteroatoms. The van der Waals surface area contributed by atoms with Gasteiger partial charge in [-0.1, -0.05) is 30.3 Å². The minimum atomic E-state index is 0.541. The molecule has 0 saturated carbocycles. The van der Waals surface area contributed by atoms with Gasteiger partial charge in [-0.25, -0.2) is 4.68 Å². The highest BCUT2D eigenvalue weighted by Crippen LogP contribution is 2.27. The lowest BCUT2D eigenvalue weighted by molar-refractivity contribution is 0.415. The number of nitrogens with zero attached hydrogens (tertiary/aromatic N) is 4. The van der Waals surface area contributed by atoms with E-state index in [2.05, 4.69) is 46.2 Å². The summed E-state index contributed by atoms with van der Waals surface area (Å²) in [6.45, 7) is 6.30. The predicted octanol–water partition coefficient (Wildman–Crippen LogP) is 5.13. The first-order valence-corrected chi connectivity index (χ1v) is 10.4. The maximum absolute atomic E-state index is 5.34. The van der Waals surface area contributed by atoms with E-state index in [1.54, 1.807) is 30.7 Å². The Morgan fingerprint density at radius 3 is 2.80 bits per heavy atom. The molecule has 0 N–H and O–H groups in total. The molecule has 4 aromatic rings. The number of hydrogen-bond acceptors (Lipinski definition) is 5. The number of ether oxygens (including phenoxy) is 1. The zero-order chi connectivity index (χ0) is 20.9. The number of benzene rings is 2. The molecule has 150 valence electrons. The summed E-state index contributed by atoms with van der Waals surface area (Å²) in [6, 6.07) is 16.4. The topological polar surface area (TPSA) is 51.8 Å². The second-order valence-electron chi connectivity index (χ2n) is 6.70. The van der Waals surface area contributed by atoms with Crippen molar-refractivity contribution < 1.29 is 4.74 Å². The molecule has 2 aromatic carbocycles. The molecule has 0 aliphatic rings. The third-order valence-electron chi connectivity index (χ3n) is 4.71. The lowest BCUT2D eigenvalue weighted by Gasteiger charge is -2.08. The molecule has 0 aliphatic heterocycles. The second-order valence-corrected chi connectivity index (χ2v) is 7.54. The van der Waals surface area contributed by atoms with E-state index in [9.17, 15) is 0 Å². The van der Waals surface area contributed by atoms with E-state index >= 15 is 0 Å². The van der Waals surface area contributed by atoms with E-state index < -0.39 is 0 Å². The van der Waals surface area contributed by atoms with Crippen LogP contribution >= 0.6 is 11.3 Å². The Balaban J connectivity index is 1.85. The van der Waals surface area contributed by atoms with Gasteiger partial charge in [-0.15, -0.1) is 17.9 Å². The number of aromatic nitrogens is 2. The van der Waals surface area contributed by atoms with E-state index in [4.69, 9.17) is 9.84 Å². The molecule has 0 fully saturated rings. The number of thiazole rings is 1. The Hall–Kier alpha value is -3.51. The van der Waals surface area contributed by atoms with Gasteiger partial charge in [0, 0.05) is 28.9 Å². The van der Waals surface area contributed by atoms with Gasteiger partial charge in [-0.3, -0.25) is 9.98 Å². The Kier molecular flexibility index (Phi) is 5.86. The normalized spacial score (nSPS) is 12.3. The maximum atomic E-state index is 5.34. The quantitative estimate of drug-likeness (QED) is 0.324. The van der Waals surface area contributed by atoms with Crippen LogP contribution in [0, 0.1) is 0 Å². The van der Waals surface area contributed by atoms with Crippen LogP contribution in [0.25, 0.3) is 22.0 Å². The molecular formula is C24H22N4OS. The summed E-state index contributed by atoms with van der Waals surface area (Å²) in [5.41, 5.74) is 3.91. The van der Waals surface area contributed by atoms with E-state index in [1.165, 1.54) is 0 Å². The van der Waals surface area contributed by atoms with Gasteiger partial charge < -0.3 is 4.74 Å². The van der Waals surface area contributed by atoms with Crippen molar-refractivity contribution in [1.29, 1.82) is 0 Å². The van der Waals surface area contributed by atoms with Crippen LogP contribution in [0.1, 0.15) is 12.5 Å². The van der Waals surface area contributed by atoms with Gasteiger partial charge in [-0.05, 0) is 42.0 Å². The maximum Gasteiger partial charge on any atom is 0.206 e. The van der Waals surface area contributed by atoms with Crippen molar-refractivity contribution in [2.45, 2.75) is 6.92 Å². The first-order valence-electron chi connectivity index (χ1n) is 9.55. The molecule has 0 bridgehead atoms. The number of hydrogen-bond donors (Lipinski definition) is 0. The van der Waals surface area contributed by atoms with Crippen LogP contribution in [0.3, 0.4) is 0 Å². The molecule has 0 spiro atoms. The second kappa shape index (κ2) is 8.88. The Morgan fingerprint density at radius 1 is 1.20 bits per heavy atom. The van der Waals surface area contributed by atoms with Crippen molar-refractivity contribution in [2.75, 3.05) is 13.7 Å². The number of methoxy groups -OCH3 is 1. The minimum absolute atomic E-state index is 0.541. The molecule has 5 nitrogen and oxygen atoms in total. The predicted molar refractivity (Wildman–Crippen MR) is 124 cm³/mol. The smallest absolute Gasteiger partial charge is 0.206 e. The van der Waals surface area contributed by atoms with E-state index in [0.717, 1.165) is 43.9 Å². The van der Waals surface area contributed by atoms with Crippen molar-refractivity contribution in [2.24, 2.45) is 10.1 Å². The van der Waals surface area contributed by atoms with Gasteiger partial charge in [0.2, 0.25) is 4.80 Å². The van der Waals surface area contributed by atoms with Crippen LogP contribution in [0.4, 0.5) is 0 Å². The fraction of sp³-hybridized carbons (Fsp3) is 0.125. The molecule has 0 radical (unpaired) electrons. The summed E-state index contributed by atoms with van der Waals surface area (Å²) in [7, 11) is 1.68. The van der Waals surface area contributed by atoms with Crippen molar-refractivity contribution in [3.05, 3.63) is 89.3 Å². The Bertz CT molecular complexity index is 1290. The molecule has 0 saturated heterocycles. The zero-order valence-corrected chi connectivity index (χ0v) is 17.8. The molecule has 0 aliphatic carbocycles. The summed E-state index contributed by atoms with van der Waals surface area (Å²) < 4.78 is 7.24. The highest BCUT2D eigenvalue weighted by atomic mass is 32.1. The van der Waals surface area contributed by atoms with Crippen LogP contribution in [-0.4, -0.2) is 29.0 Å². The summed E-state index contributed by atoms with van der Waals surface area (Å²) in [4.78, 5) is 9.65. The van der Waals surface area contributed by atoms with Crippen LogP contribution in [0.2, 0.25) is 0 Å². The molecule has 2 heterocycles. The van der Waals surface area contributed by atoms with Gasteiger partial charge >= 0.3 is 0 Å². The van der Waals surface area contributed by atoms with Crippen molar-refractivity contribution in [1.82, 2.24) is 9.66 Å². The largest absolute Gasteiger partial charge is 0.497 e. The fourth-order valence-corrected chi connectivity index (χ4v) is 3.98. The van der Waals surface area contributed by atoms with Crippen LogP contribution in [-0.2, 0) is 0 Å². The summed E-state index contributed by atoms with van der Waals surface area (Å²) in [5.74, 6) is 0.850. The molecule has 2 aromatic heterocycles. The van der Waals surface area contributed by atoms with Gasteiger partial charge in [-0.2, -0.15) is 5.10 Å². The first kappa shape index (κ1) is 19.8. The molecule has 4 rings (SSSR count). The lowest BCUT2D eigenvalue weighted by atomic mass is 10.1. The van der Waals surface area contributed by atoms with Crippen LogP contribution in [0.5, 0.6) is 5.75 Å². The molecular weight excluding hydrogens is 392 g/mol. The van der Waals surface area contributed by atoms with Crippen molar-refractivity contribution in [3.8, 4) is 17.0 Å². The lowest BCUT2D eigenvalue weighted by Crippen LogP contribution is -2.14. The minimum Gasteiger partial charge on any atom is -0.497 e. The summed E-state index contributed by atoms with van der Waals surface area (Å²) >= 11 is 1.57. The Morgan fingerprint density at radius 2 is 2.03 bits per heavy atom. The number of fused-ring (bicyclic) bond motifs is 1. The highest BCUT2D eigenvalue weighted by molar-refractivity contribution is 7.07. The number of rotatable bonds is 6. The SMILES string of the molecule is C=CCN=c1scc(-c2ccc3cc(OC)ccc3c2)n1N=C(C)c1cccnc1. The van der Waals surface area contributed by atoms with Crippen LogP contribution < -0.4 is 9.54 Å². The van der Waals surface area contributed by atoms with Gasteiger partial charge in [0.15, 0.2) is 0 Å². The molecule has 0 amide bonds.